The SMILES string of the molecule is CC(C)(C)N(C(=O)O)c1cc(C#N)cc(CN2CCOCC2)c1Cl. The summed E-state index contributed by atoms with van der Waals surface area (Å²) in [6.45, 7) is 8.81. The molecule has 0 saturated carbocycles. The highest BCUT2D eigenvalue weighted by atomic mass is 35.5. The largest absolute Gasteiger partial charge is 0.465 e. The lowest BCUT2D eigenvalue weighted by Crippen LogP contribution is -2.45. The van der Waals surface area contributed by atoms with Gasteiger partial charge in [-0.05, 0) is 38.5 Å². The third-order valence-electron chi connectivity index (χ3n) is 3.86. The van der Waals surface area contributed by atoms with Crippen molar-refractivity contribution in [1.82, 2.24) is 4.90 Å². The van der Waals surface area contributed by atoms with Crippen LogP contribution in [0.4, 0.5) is 10.5 Å². The Bertz CT molecular complexity index is 658. The number of ether oxygens (including phenoxy) is 1. The van der Waals surface area contributed by atoms with E-state index >= 15 is 0 Å². The number of nitrogens with zero attached hydrogens (tertiary/aromatic N) is 3. The molecule has 6 nitrogen and oxygen atoms in total. The predicted molar refractivity (Wildman–Crippen MR) is 92.5 cm³/mol. The molecule has 1 heterocycles. The first-order valence-electron chi connectivity index (χ1n) is 7.80. The van der Waals surface area contributed by atoms with E-state index in [1.54, 1.807) is 26.8 Å². The molecule has 0 atom stereocenters. The Kier molecular flexibility index (Phi) is 5.70. The quantitative estimate of drug-likeness (QED) is 0.903. The summed E-state index contributed by atoms with van der Waals surface area (Å²) >= 11 is 6.53. The summed E-state index contributed by atoms with van der Waals surface area (Å²) in [5.74, 6) is 0. The Morgan fingerprint density at radius 2 is 2.04 bits per heavy atom. The van der Waals surface area contributed by atoms with Crippen LogP contribution in [-0.4, -0.2) is 47.9 Å². The number of hydrogen-bond acceptors (Lipinski definition) is 4. The summed E-state index contributed by atoms with van der Waals surface area (Å²) in [6.07, 6.45) is -1.10. The van der Waals surface area contributed by atoms with Crippen molar-refractivity contribution in [1.29, 1.82) is 5.26 Å². The number of rotatable bonds is 3. The van der Waals surface area contributed by atoms with Crippen LogP contribution in [0.25, 0.3) is 0 Å². The van der Waals surface area contributed by atoms with E-state index in [-0.39, 0.29) is 0 Å². The van der Waals surface area contributed by atoms with Gasteiger partial charge in [0.15, 0.2) is 0 Å². The summed E-state index contributed by atoms with van der Waals surface area (Å²) < 4.78 is 5.34. The van der Waals surface area contributed by atoms with E-state index in [4.69, 9.17) is 16.3 Å². The molecule has 1 aliphatic rings. The zero-order chi connectivity index (χ0) is 17.9. The molecular weight excluding hydrogens is 330 g/mol. The predicted octanol–water partition coefficient (Wildman–Crippen LogP) is 3.33. The number of nitriles is 1. The van der Waals surface area contributed by atoms with Gasteiger partial charge >= 0.3 is 6.09 Å². The highest BCUT2D eigenvalue weighted by molar-refractivity contribution is 6.34. The van der Waals surface area contributed by atoms with Crippen LogP contribution in [0.1, 0.15) is 31.9 Å². The first-order valence-corrected chi connectivity index (χ1v) is 8.17. The molecule has 0 spiro atoms. The van der Waals surface area contributed by atoms with E-state index in [0.717, 1.165) is 18.7 Å². The molecule has 1 saturated heterocycles. The van der Waals surface area contributed by atoms with Gasteiger partial charge in [-0.25, -0.2) is 4.79 Å². The maximum Gasteiger partial charge on any atom is 0.412 e. The average molecular weight is 352 g/mol. The molecule has 1 aromatic carbocycles. The molecule has 1 amide bonds. The molecule has 24 heavy (non-hydrogen) atoms. The van der Waals surface area contributed by atoms with E-state index in [0.29, 0.717) is 36.0 Å². The van der Waals surface area contributed by atoms with Crippen molar-refractivity contribution in [3.05, 3.63) is 28.3 Å². The maximum atomic E-state index is 11.8. The van der Waals surface area contributed by atoms with Gasteiger partial charge in [0.2, 0.25) is 0 Å². The topological polar surface area (TPSA) is 76.8 Å². The molecule has 2 rings (SSSR count). The van der Waals surface area contributed by atoms with Gasteiger partial charge in [0.05, 0.1) is 35.6 Å². The zero-order valence-corrected chi connectivity index (χ0v) is 14.9. The molecule has 130 valence electrons. The Labute approximate surface area is 147 Å². The van der Waals surface area contributed by atoms with Crippen LogP contribution in [0.5, 0.6) is 0 Å². The summed E-state index contributed by atoms with van der Waals surface area (Å²) in [5, 5.41) is 19.3. The van der Waals surface area contributed by atoms with Crippen molar-refractivity contribution in [3.8, 4) is 6.07 Å². The summed E-state index contributed by atoms with van der Waals surface area (Å²) in [6, 6.07) is 5.35. The van der Waals surface area contributed by atoms with E-state index in [2.05, 4.69) is 11.0 Å². The smallest absolute Gasteiger partial charge is 0.412 e. The first kappa shape index (κ1) is 18.5. The molecular formula is C17H22ClN3O3. The van der Waals surface area contributed by atoms with Gasteiger partial charge in [-0.1, -0.05) is 11.6 Å². The molecule has 0 aromatic heterocycles. The molecule has 1 aromatic rings. The lowest BCUT2D eigenvalue weighted by molar-refractivity contribution is 0.0342. The van der Waals surface area contributed by atoms with Gasteiger partial charge in [0.1, 0.15) is 0 Å². The average Bonchev–Trinajstić information content (AvgIpc) is 2.50. The maximum absolute atomic E-state index is 11.8. The van der Waals surface area contributed by atoms with Crippen molar-refractivity contribution in [2.75, 3.05) is 31.2 Å². The van der Waals surface area contributed by atoms with E-state index < -0.39 is 11.6 Å². The molecule has 0 bridgehead atoms. The number of hydrogen-bond donors (Lipinski definition) is 1. The Morgan fingerprint density at radius 3 is 2.54 bits per heavy atom. The third kappa shape index (κ3) is 4.18. The first-order chi connectivity index (χ1) is 11.2. The number of carboxylic acid groups (broad SMARTS) is 1. The van der Waals surface area contributed by atoms with Gasteiger partial charge < -0.3 is 9.84 Å². The standard InChI is InChI=1S/C17H22ClN3O3/c1-17(2,3)21(16(22)23)14-9-12(10-19)8-13(15(14)18)11-20-4-6-24-7-5-20/h8-9H,4-7,11H2,1-3H3,(H,22,23). The van der Waals surface area contributed by atoms with E-state index in [1.807, 2.05) is 0 Å². The Hall–Kier alpha value is -1.81. The van der Waals surface area contributed by atoms with Crippen LogP contribution in [0.15, 0.2) is 12.1 Å². The second-order valence-corrected chi connectivity index (χ2v) is 7.14. The van der Waals surface area contributed by atoms with Crippen LogP contribution in [0.3, 0.4) is 0 Å². The van der Waals surface area contributed by atoms with Gasteiger partial charge in [0.25, 0.3) is 0 Å². The number of anilines is 1. The highest BCUT2D eigenvalue weighted by Gasteiger charge is 2.31. The minimum Gasteiger partial charge on any atom is -0.465 e. The minimum atomic E-state index is -1.10. The van der Waals surface area contributed by atoms with Crippen molar-refractivity contribution >= 4 is 23.4 Å². The summed E-state index contributed by atoms with van der Waals surface area (Å²) in [5.41, 5.74) is 0.815. The van der Waals surface area contributed by atoms with Gasteiger partial charge in [-0.15, -0.1) is 0 Å². The number of morpholine rings is 1. The Morgan fingerprint density at radius 1 is 1.42 bits per heavy atom. The number of benzene rings is 1. The lowest BCUT2D eigenvalue weighted by Gasteiger charge is -2.34. The highest BCUT2D eigenvalue weighted by Crippen LogP contribution is 2.35. The lowest BCUT2D eigenvalue weighted by atomic mass is 10.0. The fraction of sp³-hybridized carbons (Fsp3) is 0.529. The van der Waals surface area contributed by atoms with Crippen molar-refractivity contribution < 1.29 is 14.6 Å². The molecule has 7 heteroatoms. The molecule has 1 N–H and O–H groups in total. The summed E-state index contributed by atoms with van der Waals surface area (Å²) in [7, 11) is 0. The van der Waals surface area contributed by atoms with Crippen LogP contribution in [0, 0.1) is 11.3 Å². The molecule has 1 aliphatic heterocycles. The fourth-order valence-corrected chi connectivity index (χ4v) is 3.02. The normalized spacial score (nSPS) is 15.8. The number of halogens is 1. The summed E-state index contributed by atoms with van der Waals surface area (Å²) in [4.78, 5) is 15.1. The second-order valence-electron chi connectivity index (χ2n) is 6.76. The van der Waals surface area contributed by atoms with E-state index in [1.165, 1.54) is 11.0 Å². The Balaban J connectivity index is 2.46. The van der Waals surface area contributed by atoms with Crippen molar-refractivity contribution in [3.63, 3.8) is 0 Å². The van der Waals surface area contributed by atoms with Crippen LogP contribution in [-0.2, 0) is 11.3 Å². The van der Waals surface area contributed by atoms with Gasteiger partial charge in [-0.3, -0.25) is 9.80 Å². The van der Waals surface area contributed by atoms with Crippen LogP contribution < -0.4 is 4.90 Å². The monoisotopic (exact) mass is 351 g/mol. The molecule has 0 aliphatic carbocycles. The van der Waals surface area contributed by atoms with Crippen molar-refractivity contribution in [2.24, 2.45) is 0 Å². The van der Waals surface area contributed by atoms with Crippen LogP contribution in [0.2, 0.25) is 5.02 Å². The van der Waals surface area contributed by atoms with E-state index in [9.17, 15) is 15.2 Å². The molecule has 1 fully saturated rings. The zero-order valence-electron chi connectivity index (χ0n) is 14.2. The van der Waals surface area contributed by atoms with Gasteiger partial charge in [0, 0.05) is 25.2 Å². The third-order valence-corrected chi connectivity index (χ3v) is 4.29. The number of carbonyl (C=O) groups is 1. The van der Waals surface area contributed by atoms with Crippen LogP contribution >= 0.6 is 11.6 Å². The number of amides is 1. The minimum absolute atomic E-state index is 0.346. The fourth-order valence-electron chi connectivity index (χ4n) is 2.76. The molecule has 0 radical (unpaired) electrons. The second kappa shape index (κ2) is 7.39. The molecule has 0 unspecified atom stereocenters. The van der Waals surface area contributed by atoms with Crippen molar-refractivity contribution in [2.45, 2.75) is 32.9 Å². The van der Waals surface area contributed by atoms with Gasteiger partial charge in [-0.2, -0.15) is 5.26 Å².